The molecule has 1 radical (unpaired) electrons. The first-order chi connectivity index (χ1) is 3.85. The van der Waals surface area contributed by atoms with Crippen LogP contribution in [0.1, 0.15) is 0 Å². The maximum atomic E-state index is 11.3. The summed E-state index contributed by atoms with van der Waals surface area (Å²) < 4.78 is 59.5. The molecule has 0 aliphatic heterocycles. The first-order valence-electron chi connectivity index (χ1n) is 1.54. The van der Waals surface area contributed by atoms with Crippen LogP contribution >= 0.6 is 0 Å². The second-order valence-corrected chi connectivity index (χ2v) is 2.32. The van der Waals surface area contributed by atoms with Gasteiger partial charge in [-0.05, 0) is 0 Å². The Hall–Kier alpha value is 0.440. The molecule has 0 aliphatic carbocycles. The molecule has 0 heterocycles. The summed E-state index contributed by atoms with van der Waals surface area (Å²) in [6, 6.07) is 0. The molecule has 0 saturated carbocycles. The summed E-state index contributed by atoms with van der Waals surface area (Å²) in [5, 5.41) is -2.80. The van der Waals surface area contributed by atoms with Crippen molar-refractivity contribution >= 4 is 39.7 Å². The molecule has 0 fully saturated rings. The van der Waals surface area contributed by atoms with Crippen LogP contribution in [0.25, 0.3) is 0 Å². The van der Waals surface area contributed by atoms with Crippen LogP contribution in [0.4, 0.5) is 13.2 Å². The Labute approximate surface area is 77.0 Å². The number of rotatable bonds is 1. The van der Waals surface area contributed by atoms with Gasteiger partial charge in [0.15, 0.2) is 0 Å². The Morgan fingerprint density at radius 1 is 1.20 bits per heavy atom. The summed E-state index contributed by atoms with van der Waals surface area (Å²) in [6.45, 7) is 0. The Balaban J connectivity index is 0. The van der Waals surface area contributed by atoms with Gasteiger partial charge >= 0.3 is 21.4 Å². The molecule has 0 spiro atoms. The largest absolute Gasteiger partial charge is 0.327 e. The minimum absolute atomic E-state index is 0. The van der Waals surface area contributed by atoms with E-state index in [0.717, 1.165) is 0 Å². The fourth-order valence-electron chi connectivity index (χ4n) is 0.0975. The van der Waals surface area contributed by atoms with Crippen LogP contribution in [-0.2, 0) is 10.1 Å². The summed E-state index contributed by atoms with van der Waals surface area (Å²) >= 11 is 0. The van der Waals surface area contributed by atoms with E-state index in [1.165, 1.54) is 0 Å². The summed E-state index contributed by atoms with van der Waals surface area (Å²) in [4.78, 5) is 0. The molecule has 10 heavy (non-hydrogen) atoms. The molecule has 8 heteroatoms. The van der Waals surface area contributed by atoms with Gasteiger partial charge in [-0.3, -0.25) is 4.55 Å². The summed E-state index contributed by atoms with van der Waals surface area (Å²) in [5.74, 6) is 0. The molecule has 0 bridgehead atoms. The third kappa shape index (κ3) is 4.29. The van der Waals surface area contributed by atoms with E-state index in [-0.39, 0.29) is 29.6 Å². The molecule has 0 rings (SSSR count). The van der Waals surface area contributed by atoms with Gasteiger partial charge in [-0.1, -0.05) is 0 Å². The quantitative estimate of drug-likeness (QED) is 0.478. The van der Waals surface area contributed by atoms with Crippen LogP contribution in [0.3, 0.4) is 0 Å². The van der Waals surface area contributed by atoms with Crippen molar-refractivity contribution in [3.05, 3.63) is 11.2 Å². The predicted octanol–water partition coefficient (Wildman–Crippen LogP) is 0.529. The number of halogens is 3. The van der Waals surface area contributed by atoms with E-state index in [1.54, 1.807) is 0 Å². The van der Waals surface area contributed by atoms with Crippen molar-refractivity contribution in [3.63, 3.8) is 0 Å². The van der Waals surface area contributed by atoms with Gasteiger partial charge < -0.3 is 0 Å². The van der Waals surface area contributed by atoms with E-state index in [0.29, 0.717) is 0 Å². The standard InChI is InChI=1S/C2HF3O3S.Na/c3-1(4)2(5)9(6,7)8;/h(H,6,7,8);. The fourth-order valence-corrected chi connectivity index (χ4v) is 0.292. The van der Waals surface area contributed by atoms with Gasteiger partial charge in [-0.25, -0.2) is 0 Å². The minimum atomic E-state index is -5.34. The van der Waals surface area contributed by atoms with Crippen molar-refractivity contribution in [1.29, 1.82) is 0 Å². The van der Waals surface area contributed by atoms with Crippen LogP contribution < -0.4 is 0 Å². The smallest absolute Gasteiger partial charge is 0.280 e. The summed E-state index contributed by atoms with van der Waals surface area (Å²) in [5.41, 5.74) is 0. The molecule has 0 aliphatic rings. The molecule has 0 atom stereocenters. The van der Waals surface area contributed by atoms with Crippen molar-refractivity contribution in [3.8, 4) is 0 Å². The van der Waals surface area contributed by atoms with Gasteiger partial charge in [-0.2, -0.15) is 21.6 Å². The van der Waals surface area contributed by atoms with Gasteiger partial charge in [0.2, 0.25) is 0 Å². The molecular weight excluding hydrogens is 184 g/mol. The SMILES string of the molecule is O=S(=O)(O)C(F)=C(F)F.[Na]. The van der Waals surface area contributed by atoms with Crippen LogP contribution in [0.5, 0.6) is 0 Å². The predicted molar refractivity (Wildman–Crippen MR) is 27.7 cm³/mol. The second-order valence-electron chi connectivity index (χ2n) is 1.01. The first-order valence-corrected chi connectivity index (χ1v) is 2.98. The Bertz CT molecular complexity index is 228. The molecule has 0 aromatic carbocycles. The third-order valence-electron chi connectivity index (χ3n) is 0.375. The Morgan fingerprint density at radius 2 is 1.50 bits per heavy atom. The topological polar surface area (TPSA) is 54.4 Å². The second kappa shape index (κ2) is 4.35. The maximum absolute atomic E-state index is 11.3. The summed E-state index contributed by atoms with van der Waals surface area (Å²) in [6.07, 6.45) is -3.06. The first kappa shape index (κ1) is 13.1. The molecule has 55 valence electrons. The monoisotopic (exact) mass is 185 g/mol. The molecule has 0 unspecified atom stereocenters. The molecule has 0 aromatic heterocycles. The van der Waals surface area contributed by atoms with Crippen LogP contribution in [-0.4, -0.2) is 42.5 Å². The zero-order valence-electron chi connectivity index (χ0n) is 4.81. The van der Waals surface area contributed by atoms with E-state index in [2.05, 4.69) is 0 Å². The van der Waals surface area contributed by atoms with Crippen molar-refractivity contribution in [2.45, 2.75) is 0 Å². The van der Waals surface area contributed by atoms with E-state index in [4.69, 9.17) is 4.55 Å². The van der Waals surface area contributed by atoms with E-state index < -0.39 is 21.4 Å². The summed E-state index contributed by atoms with van der Waals surface area (Å²) in [7, 11) is -5.34. The van der Waals surface area contributed by atoms with E-state index in [1.807, 2.05) is 0 Å². The zero-order chi connectivity index (χ0) is 7.65. The zero-order valence-corrected chi connectivity index (χ0v) is 7.62. The Morgan fingerprint density at radius 3 is 1.50 bits per heavy atom. The van der Waals surface area contributed by atoms with Gasteiger partial charge in [-0.15, -0.1) is 0 Å². The van der Waals surface area contributed by atoms with Crippen molar-refractivity contribution in [2.75, 3.05) is 0 Å². The third-order valence-corrected chi connectivity index (χ3v) is 0.982. The van der Waals surface area contributed by atoms with Gasteiger partial charge in [0.25, 0.3) is 0 Å². The van der Waals surface area contributed by atoms with Gasteiger partial charge in [0.05, 0.1) is 0 Å². The molecule has 3 nitrogen and oxygen atoms in total. The van der Waals surface area contributed by atoms with Gasteiger partial charge in [0.1, 0.15) is 0 Å². The van der Waals surface area contributed by atoms with Crippen LogP contribution in [0, 0.1) is 0 Å². The Kier molecular flexibility index (Phi) is 5.68. The van der Waals surface area contributed by atoms with Crippen molar-refractivity contribution in [2.24, 2.45) is 0 Å². The fraction of sp³-hybridized carbons (Fsp3) is 0. The number of hydrogen-bond donors (Lipinski definition) is 1. The van der Waals surface area contributed by atoms with Gasteiger partial charge in [0, 0.05) is 29.6 Å². The van der Waals surface area contributed by atoms with Crippen LogP contribution in [0.15, 0.2) is 11.2 Å². The molecule has 0 saturated heterocycles. The molecule has 1 N–H and O–H groups in total. The normalized spacial score (nSPS) is 10.0. The minimum Gasteiger partial charge on any atom is -0.280 e. The molecule has 0 aromatic rings. The molecular formula is C2HF3NaO3S. The van der Waals surface area contributed by atoms with Crippen molar-refractivity contribution in [1.82, 2.24) is 0 Å². The van der Waals surface area contributed by atoms with Crippen LogP contribution in [0.2, 0.25) is 0 Å². The van der Waals surface area contributed by atoms with E-state index >= 15 is 0 Å². The average molecular weight is 185 g/mol. The van der Waals surface area contributed by atoms with Crippen molar-refractivity contribution < 1.29 is 26.1 Å². The van der Waals surface area contributed by atoms with E-state index in [9.17, 15) is 21.6 Å². The molecule has 0 amide bonds. The number of hydrogen-bond acceptors (Lipinski definition) is 2. The average Bonchev–Trinajstić information content (AvgIpc) is 1.62. The maximum Gasteiger partial charge on any atom is 0.327 e.